The normalized spacial score (nSPS) is 21.1. The van der Waals surface area contributed by atoms with Gasteiger partial charge < -0.3 is 10.6 Å². The highest BCUT2D eigenvalue weighted by Crippen LogP contribution is 2.20. The van der Waals surface area contributed by atoms with E-state index in [0.29, 0.717) is 5.92 Å². The number of aromatic nitrogens is 3. The van der Waals surface area contributed by atoms with Crippen LogP contribution in [0.2, 0.25) is 0 Å². The van der Waals surface area contributed by atoms with Crippen LogP contribution in [0.15, 0.2) is 0 Å². The van der Waals surface area contributed by atoms with E-state index in [9.17, 15) is 4.79 Å². The molecule has 1 saturated heterocycles. The average Bonchev–Trinajstić information content (AvgIpc) is 2.75. The summed E-state index contributed by atoms with van der Waals surface area (Å²) in [5, 5.41) is 6.22. The molecule has 0 aliphatic carbocycles. The number of carbonyl (C=O) groups excluding carboxylic acids is 1. The number of likely N-dealkylation sites (tertiary alicyclic amines) is 1. The van der Waals surface area contributed by atoms with E-state index in [4.69, 9.17) is 5.73 Å². The second kappa shape index (κ2) is 4.51. The van der Waals surface area contributed by atoms with Crippen LogP contribution in [0, 0.1) is 5.92 Å². The zero-order valence-corrected chi connectivity index (χ0v) is 9.44. The Morgan fingerprint density at radius 3 is 3.12 bits per heavy atom. The van der Waals surface area contributed by atoms with Crippen LogP contribution < -0.4 is 5.73 Å². The Morgan fingerprint density at radius 2 is 2.50 bits per heavy atom. The molecule has 1 aliphatic heterocycles. The van der Waals surface area contributed by atoms with E-state index in [1.807, 2.05) is 4.90 Å². The molecule has 3 N–H and O–H groups in total. The Labute approximate surface area is 94.2 Å². The van der Waals surface area contributed by atoms with E-state index in [-0.39, 0.29) is 17.7 Å². The Bertz CT molecular complexity index is 375. The fourth-order valence-corrected chi connectivity index (χ4v) is 2.10. The maximum absolute atomic E-state index is 12.0. The van der Waals surface area contributed by atoms with Crippen molar-refractivity contribution >= 4 is 11.9 Å². The van der Waals surface area contributed by atoms with Crippen molar-refractivity contribution < 1.29 is 4.79 Å². The van der Waals surface area contributed by atoms with Crippen LogP contribution in [0.1, 0.15) is 36.8 Å². The summed E-state index contributed by atoms with van der Waals surface area (Å²) in [4.78, 5) is 17.7. The van der Waals surface area contributed by atoms with E-state index in [1.165, 1.54) is 6.42 Å². The number of nitrogens with zero attached hydrogens (tertiary/aromatic N) is 3. The molecule has 0 saturated carbocycles. The number of hydrogen-bond acceptors (Lipinski definition) is 4. The minimum atomic E-state index is -0.0950. The molecular formula is C10H17N5O. The molecule has 6 heteroatoms. The minimum absolute atomic E-state index is 0.0950. The smallest absolute Gasteiger partial charge is 0.291 e. The molecule has 1 aromatic rings. The lowest BCUT2D eigenvalue weighted by Gasteiger charge is -2.31. The van der Waals surface area contributed by atoms with Crippen LogP contribution in [-0.2, 0) is 0 Å². The Hall–Kier alpha value is -1.59. The molecule has 16 heavy (non-hydrogen) atoms. The number of piperidine rings is 1. The van der Waals surface area contributed by atoms with Gasteiger partial charge in [0.15, 0.2) is 0 Å². The van der Waals surface area contributed by atoms with Crippen molar-refractivity contribution in [3.05, 3.63) is 5.82 Å². The molecule has 1 atom stereocenters. The highest BCUT2D eigenvalue weighted by Gasteiger charge is 2.25. The summed E-state index contributed by atoms with van der Waals surface area (Å²) in [5.74, 6) is 0.877. The van der Waals surface area contributed by atoms with Crippen LogP contribution >= 0.6 is 0 Å². The third kappa shape index (κ3) is 2.15. The standard InChI is InChI=1S/C10H17N5O/c1-2-7-4-3-5-15(6-7)9(16)8-12-10(11)14-13-8/h7H,2-6H2,1H3,(H3,11,12,13,14). The highest BCUT2D eigenvalue weighted by atomic mass is 16.2. The van der Waals surface area contributed by atoms with Gasteiger partial charge in [0.25, 0.3) is 5.91 Å². The van der Waals surface area contributed by atoms with E-state index >= 15 is 0 Å². The van der Waals surface area contributed by atoms with Gasteiger partial charge in [-0.2, -0.15) is 4.98 Å². The van der Waals surface area contributed by atoms with Crippen molar-refractivity contribution in [2.24, 2.45) is 5.92 Å². The van der Waals surface area contributed by atoms with Crippen LogP contribution in [0.5, 0.6) is 0 Å². The summed E-state index contributed by atoms with van der Waals surface area (Å²) in [6, 6.07) is 0. The SMILES string of the molecule is CCC1CCCN(C(=O)c2nc(N)n[nH]2)C1. The molecule has 0 radical (unpaired) electrons. The van der Waals surface area contributed by atoms with Gasteiger partial charge in [-0.1, -0.05) is 13.3 Å². The van der Waals surface area contributed by atoms with Gasteiger partial charge in [0.05, 0.1) is 0 Å². The number of nitrogens with two attached hydrogens (primary N) is 1. The number of hydrogen-bond donors (Lipinski definition) is 2. The van der Waals surface area contributed by atoms with Gasteiger partial charge in [-0.3, -0.25) is 9.89 Å². The fourth-order valence-electron chi connectivity index (χ4n) is 2.10. The first kappa shape index (κ1) is 10.9. The van der Waals surface area contributed by atoms with Crippen LogP contribution in [0.4, 0.5) is 5.95 Å². The molecular weight excluding hydrogens is 206 g/mol. The predicted molar refractivity (Wildman–Crippen MR) is 59.7 cm³/mol. The molecule has 2 rings (SSSR count). The fraction of sp³-hybridized carbons (Fsp3) is 0.700. The number of nitrogens with one attached hydrogen (secondary N) is 1. The minimum Gasteiger partial charge on any atom is -0.366 e. The van der Waals surface area contributed by atoms with Crippen molar-refractivity contribution in [2.45, 2.75) is 26.2 Å². The van der Waals surface area contributed by atoms with Crippen molar-refractivity contribution in [3.63, 3.8) is 0 Å². The van der Waals surface area contributed by atoms with Gasteiger partial charge in [0.2, 0.25) is 11.8 Å². The van der Waals surface area contributed by atoms with Gasteiger partial charge in [-0.25, -0.2) is 0 Å². The lowest BCUT2D eigenvalue weighted by atomic mass is 9.95. The molecule has 0 spiro atoms. The van der Waals surface area contributed by atoms with Gasteiger partial charge in [0, 0.05) is 13.1 Å². The summed E-state index contributed by atoms with van der Waals surface area (Å²) < 4.78 is 0. The van der Waals surface area contributed by atoms with E-state index < -0.39 is 0 Å². The molecule has 88 valence electrons. The summed E-state index contributed by atoms with van der Waals surface area (Å²) in [7, 11) is 0. The number of nitrogen functional groups attached to an aromatic ring is 1. The van der Waals surface area contributed by atoms with Gasteiger partial charge >= 0.3 is 0 Å². The molecule has 1 amide bonds. The lowest BCUT2D eigenvalue weighted by Crippen LogP contribution is -2.40. The van der Waals surface area contributed by atoms with Crippen molar-refractivity contribution in [2.75, 3.05) is 18.8 Å². The van der Waals surface area contributed by atoms with Gasteiger partial charge in [0.1, 0.15) is 0 Å². The molecule has 1 fully saturated rings. The van der Waals surface area contributed by atoms with E-state index in [0.717, 1.165) is 25.9 Å². The van der Waals surface area contributed by atoms with Crippen molar-refractivity contribution in [1.82, 2.24) is 20.1 Å². The predicted octanol–water partition coefficient (Wildman–Crippen LogP) is 0.649. The summed E-state index contributed by atoms with van der Waals surface area (Å²) in [6.07, 6.45) is 3.38. The highest BCUT2D eigenvalue weighted by molar-refractivity contribution is 5.90. The molecule has 6 nitrogen and oxygen atoms in total. The summed E-state index contributed by atoms with van der Waals surface area (Å²) in [5.41, 5.74) is 5.38. The largest absolute Gasteiger partial charge is 0.366 e. The number of aromatic amines is 1. The maximum Gasteiger partial charge on any atom is 0.291 e. The Kier molecular flexibility index (Phi) is 3.07. The molecule has 0 aromatic carbocycles. The zero-order valence-electron chi connectivity index (χ0n) is 9.44. The Balaban J connectivity index is 2.04. The maximum atomic E-state index is 12.0. The first-order valence-electron chi connectivity index (χ1n) is 5.68. The summed E-state index contributed by atoms with van der Waals surface area (Å²) >= 11 is 0. The number of anilines is 1. The third-order valence-corrected chi connectivity index (χ3v) is 3.09. The van der Waals surface area contributed by atoms with Crippen LogP contribution in [0.3, 0.4) is 0 Å². The second-order valence-electron chi connectivity index (χ2n) is 4.21. The van der Waals surface area contributed by atoms with Gasteiger partial charge in [-0.15, -0.1) is 5.10 Å². The number of amides is 1. The van der Waals surface area contributed by atoms with E-state index in [2.05, 4.69) is 22.1 Å². The molecule has 1 aliphatic rings. The monoisotopic (exact) mass is 223 g/mol. The van der Waals surface area contributed by atoms with Crippen molar-refractivity contribution in [1.29, 1.82) is 0 Å². The first-order chi connectivity index (χ1) is 7.70. The van der Waals surface area contributed by atoms with E-state index in [1.54, 1.807) is 0 Å². The van der Waals surface area contributed by atoms with Crippen LogP contribution in [0.25, 0.3) is 0 Å². The quantitative estimate of drug-likeness (QED) is 0.770. The average molecular weight is 223 g/mol. The topological polar surface area (TPSA) is 87.9 Å². The van der Waals surface area contributed by atoms with Crippen molar-refractivity contribution in [3.8, 4) is 0 Å². The summed E-state index contributed by atoms with van der Waals surface area (Å²) in [6.45, 7) is 3.77. The molecule has 2 heterocycles. The number of carbonyl (C=O) groups is 1. The first-order valence-corrected chi connectivity index (χ1v) is 5.68. The Morgan fingerprint density at radius 1 is 1.69 bits per heavy atom. The number of H-pyrrole nitrogens is 1. The zero-order chi connectivity index (χ0) is 11.5. The molecule has 0 bridgehead atoms. The van der Waals surface area contributed by atoms with Gasteiger partial charge in [-0.05, 0) is 18.8 Å². The lowest BCUT2D eigenvalue weighted by molar-refractivity contribution is 0.0659. The third-order valence-electron chi connectivity index (χ3n) is 3.09. The molecule has 1 aromatic heterocycles. The second-order valence-corrected chi connectivity index (χ2v) is 4.21. The van der Waals surface area contributed by atoms with Crippen LogP contribution in [-0.4, -0.2) is 39.1 Å². The number of rotatable bonds is 2. The molecule has 1 unspecified atom stereocenters.